The lowest BCUT2D eigenvalue weighted by Crippen LogP contribution is -2.43. The van der Waals surface area contributed by atoms with Gasteiger partial charge in [0.2, 0.25) is 11.8 Å². The van der Waals surface area contributed by atoms with Gasteiger partial charge in [0.1, 0.15) is 5.75 Å². The Morgan fingerprint density at radius 1 is 1.06 bits per heavy atom. The van der Waals surface area contributed by atoms with Gasteiger partial charge in [-0.3, -0.25) is 9.59 Å². The van der Waals surface area contributed by atoms with Crippen LogP contribution >= 0.6 is 0 Å². The highest BCUT2D eigenvalue weighted by Crippen LogP contribution is 2.62. The molecule has 2 aromatic carbocycles. The molecule has 0 aromatic heterocycles. The van der Waals surface area contributed by atoms with Gasteiger partial charge in [0.05, 0.1) is 64.2 Å². The zero-order valence-electron chi connectivity index (χ0n) is 19.1. The predicted molar refractivity (Wildman–Crippen MR) is 118 cm³/mol. The van der Waals surface area contributed by atoms with Crippen LogP contribution in [0.4, 0.5) is 18.9 Å². The molecule has 3 fully saturated rings. The number of ether oxygens (including phenoxy) is 2. The number of rotatable bonds is 5. The molecule has 3 aliphatic rings. The lowest BCUT2D eigenvalue weighted by Gasteiger charge is -2.31. The van der Waals surface area contributed by atoms with Crippen LogP contribution in [0.25, 0.3) is 0 Å². The molecule has 4 atom stereocenters. The number of alkyl halides is 3. The number of carbonyl (C=O) groups excluding carboxylic acids is 2. The summed E-state index contributed by atoms with van der Waals surface area (Å²) in [6.07, 6.45) is -3.48. The predicted octanol–water partition coefficient (Wildman–Crippen LogP) is 4.34. The Kier molecular flexibility index (Phi) is 5.34. The van der Waals surface area contributed by atoms with Crippen molar-refractivity contribution in [2.75, 3.05) is 11.5 Å². The maximum absolute atomic E-state index is 13.6. The third-order valence-electron chi connectivity index (χ3n) is 7.48. The van der Waals surface area contributed by atoms with Crippen molar-refractivity contribution < 1.29 is 32.2 Å². The molecule has 2 amide bonds. The SMILES string of the molecule is C[C@]12CC[C@](CCOc3ccc(C#N)cc3)(O1)[C@@H]1C(=O)N(c3ccc(C#N)c(C(F)(F)F)c3)C(=O)[C@@H]12. The Morgan fingerprint density at radius 3 is 2.39 bits per heavy atom. The van der Waals surface area contributed by atoms with Crippen molar-refractivity contribution in [3.63, 3.8) is 0 Å². The number of nitrogens with zero attached hydrogens (tertiary/aromatic N) is 3. The van der Waals surface area contributed by atoms with Crippen LogP contribution in [0.2, 0.25) is 0 Å². The molecule has 3 aliphatic heterocycles. The van der Waals surface area contributed by atoms with E-state index >= 15 is 0 Å². The summed E-state index contributed by atoms with van der Waals surface area (Å²) in [7, 11) is 0. The maximum Gasteiger partial charge on any atom is 0.417 e. The minimum absolute atomic E-state index is 0.182. The summed E-state index contributed by atoms with van der Waals surface area (Å²) in [4.78, 5) is 27.8. The molecule has 2 bridgehead atoms. The Hall–Kier alpha value is -3.89. The van der Waals surface area contributed by atoms with Crippen LogP contribution in [-0.2, 0) is 20.5 Å². The molecule has 0 aliphatic carbocycles. The number of anilines is 1. The average Bonchev–Trinajstić information content (AvgIpc) is 3.43. The quantitative estimate of drug-likeness (QED) is 0.572. The maximum atomic E-state index is 13.6. The number of amides is 2. The fourth-order valence-corrected chi connectivity index (χ4v) is 5.84. The van der Waals surface area contributed by atoms with Gasteiger partial charge in [0.15, 0.2) is 0 Å². The molecule has 5 rings (SSSR count). The van der Waals surface area contributed by atoms with E-state index in [1.54, 1.807) is 31.2 Å². The lowest BCUT2D eigenvalue weighted by atomic mass is 9.67. The molecule has 36 heavy (non-hydrogen) atoms. The van der Waals surface area contributed by atoms with Gasteiger partial charge in [-0.2, -0.15) is 23.7 Å². The van der Waals surface area contributed by atoms with E-state index in [2.05, 4.69) is 0 Å². The molecule has 0 saturated carbocycles. The zero-order valence-corrected chi connectivity index (χ0v) is 19.1. The highest BCUT2D eigenvalue weighted by molar-refractivity contribution is 6.23. The largest absolute Gasteiger partial charge is 0.493 e. The van der Waals surface area contributed by atoms with Crippen LogP contribution in [0.3, 0.4) is 0 Å². The van der Waals surface area contributed by atoms with E-state index in [9.17, 15) is 22.8 Å². The van der Waals surface area contributed by atoms with Gasteiger partial charge in [0.25, 0.3) is 0 Å². The molecule has 0 N–H and O–H groups in total. The first kappa shape index (κ1) is 23.8. The molecule has 0 radical (unpaired) electrons. The standard InChI is InChI=1S/C26H20F3N3O4/c1-24-8-9-25(36-24,10-11-35-18-6-2-15(13-30)3-7-18)21-20(24)22(33)32(23(21)34)17-5-4-16(14-31)19(12-17)26(27,28)29/h2-7,12,20-21H,8-11H2,1H3/t20-,21+,24-,25-/m1/s1. The average molecular weight is 495 g/mol. The van der Waals surface area contributed by atoms with Gasteiger partial charge in [-0.1, -0.05) is 0 Å². The first-order chi connectivity index (χ1) is 17.0. The fourth-order valence-electron chi connectivity index (χ4n) is 5.84. The molecule has 184 valence electrons. The topological polar surface area (TPSA) is 103 Å². The third-order valence-corrected chi connectivity index (χ3v) is 7.48. The number of nitriles is 2. The van der Waals surface area contributed by atoms with Crippen LogP contribution in [0.15, 0.2) is 42.5 Å². The first-order valence-corrected chi connectivity index (χ1v) is 11.4. The monoisotopic (exact) mass is 495 g/mol. The van der Waals surface area contributed by atoms with E-state index in [1.807, 2.05) is 6.07 Å². The Bertz CT molecular complexity index is 1340. The van der Waals surface area contributed by atoms with E-state index in [-0.39, 0.29) is 12.3 Å². The molecular weight excluding hydrogens is 475 g/mol. The highest BCUT2D eigenvalue weighted by atomic mass is 19.4. The minimum atomic E-state index is -4.82. The third kappa shape index (κ3) is 3.52. The zero-order chi connectivity index (χ0) is 25.9. The van der Waals surface area contributed by atoms with E-state index in [4.69, 9.17) is 20.0 Å². The van der Waals surface area contributed by atoms with E-state index in [1.165, 1.54) is 12.1 Å². The number of hydrogen-bond donors (Lipinski definition) is 0. The summed E-state index contributed by atoms with van der Waals surface area (Å²) in [5, 5.41) is 18.0. The second-order valence-corrected chi connectivity index (χ2v) is 9.52. The molecule has 0 spiro atoms. The molecule has 7 nitrogen and oxygen atoms in total. The minimum Gasteiger partial charge on any atom is -0.493 e. The van der Waals surface area contributed by atoms with Gasteiger partial charge in [-0.25, -0.2) is 4.90 Å². The summed E-state index contributed by atoms with van der Waals surface area (Å²) in [5.41, 5.74) is -3.40. The number of imide groups is 1. The second-order valence-electron chi connectivity index (χ2n) is 9.52. The number of benzene rings is 2. The summed E-state index contributed by atoms with van der Waals surface area (Å²) in [6, 6.07) is 12.9. The molecule has 10 heteroatoms. The van der Waals surface area contributed by atoms with Crippen molar-refractivity contribution in [1.29, 1.82) is 10.5 Å². The number of fused-ring (bicyclic) bond motifs is 5. The Balaban J connectivity index is 1.42. The van der Waals surface area contributed by atoms with Crippen LogP contribution in [-0.4, -0.2) is 29.6 Å². The summed E-state index contributed by atoms with van der Waals surface area (Å²) < 4.78 is 52.7. The van der Waals surface area contributed by atoms with Gasteiger partial charge < -0.3 is 9.47 Å². The van der Waals surface area contributed by atoms with Crippen LogP contribution in [0.5, 0.6) is 5.75 Å². The van der Waals surface area contributed by atoms with Crippen molar-refractivity contribution in [3.8, 4) is 17.9 Å². The summed E-state index contributed by atoms with van der Waals surface area (Å²) >= 11 is 0. The number of carbonyl (C=O) groups is 2. The van der Waals surface area contributed by atoms with Crippen molar-refractivity contribution in [2.24, 2.45) is 11.8 Å². The highest BCUT2D eigenvalue weighted by Gasteiger charge is 2.73. The molecular formula is C26H20F3N3O4. The van der Waals surface area contributed by atoms with Gasteiger partial charge in [-0.15, -0.1) is 0 Å². The van der Waals surface area contributed by atoms with E-state index < -0.39 is 52.2 Å². The first-order valence-electron chi connectivity index (χ1n) is 11.4. The lowest BCUT2D eigenvalue weighted by molar-refractivity contribution is -0.138. The number of halogens is 3. The Labute approximate surface area is 204 Å². The number of hydrogen-bond acceptors (Lipinski definition) is 6. The van der Waals surface area contributed by atoms with Crippen molar-refractivity contribution in [2.45, 2.75) is 43.6 Å². The second kappa shape index (κ2) is 8.07. The van der Waals surface area contributed by atoms with E-state index in [0.29, 0.717) is 36.6 Å². The molecule has 3 heterocycles. The van der Waals surface area contributed by atoms with Crippen LogP contribution in [0, 0.1) is 34.5 Å². The normalized spacial score (nSPS) is 28.7. The molecule has 0 unspecified atom stereocenters. The van der Waals surface area contributed by atoms with E-state index in [0.717, 1.165) is 11.0 Å². The van der Waals surface area contributed by atoms with Crippen LogP contribution in [0.1, 0.15) is 42.9 Å². The van der Waals surface area contributed by atoms with Crippen molar-refractivity contribution in [3.05, 3.63) is 59.2 Å². The van der Waals surface area contributed by atoms with Gasteiger partial charge in [-0.05, 0) is 62.2 Å². The summed E-state index contributed by atoms with van der Waals surface area (Å²) in [5.74, 6) is -2.34. The molecule has 2 aromatic rings. The van der Waals surface area contributed by atoms with Gasteiger partial charge >= 0.3 is 6.18 Å². The smallest absolute Gasteiger partial charge is 0.417 e. The summed E-state index contributed by atoms with van der Waals surface area (Å²) in [6.45, 7) is 1.94. The fraction of sp³-hybridized carbons (Fsp3) is 0.385. The Morgan fingerprint density at radius 2 is 1.75 bits per heavy atom. The van der Waals surface area contributed by atoms with Crippen molar-refractivity contribution in [1.82, 2.24) is 0 Å². The van der Waals surface area contributed by atoms with Gasteiger partial charge in [0, 0.05) is 6.42 Å². The van der Waals surface area contributed by atoms with Crippen LogP contribution < -0.4 is 9.64 Å². The van der Waals surface area contributed by atoms with Crippen molar-refractivity contribution >= 4 is 17.5 Å². The molecule has 3 saturated heterocycles.